The third kappa shape index (κ3) is 7.58. The number of ether oxygens (including phenoxy) is 1. The van der Waals surface area contributed by atoms with Gasteiger partial charge in [-0.3, -0.25) is 9.59 Å². The number of unbranched alkanes of at least 4 members (excludes halogenated alkanes) is 1. The second kappa shape index (κ2) is 12.3. The molecule has 160 valence electrons. The van der Waals surface area contributed by atoms with E-state index in [0.29, 0.717) is 30.0 Å². The van der Waals surface area contributed by atoms with Gasteiger partial charge in [0.25, 0.3) is 5.91 Å². The first kappa shape index (κ1) is 22.9. The molecule has 0 heterocycles. The molecule has 7 heteroatoms. The van der Waals surface area contributed by atoms with Gasteiger partial charge in [0.1, 0.15) is 0 Å². The van der Waals surface area contributed by atoms with E-state index >= 15 is 0 Å². The van der Waals surface area contributed by atoms with Crippen LogP contribution in [0.4, 0.5) is 11.4 Å². The standard InChI is InChI=1S/C23H29N3O4/c1-3-5-14-24-22(28)17-6-10-19(11-7-17)25-16-21(27)26-20-12-8-18(9-13-20)23(29)30-15-4-2/h6-13,25H,3-5,14-16H2,1-2H3,(H,24,28)(H,26,27). The fourth-order valence-corrected chi connectivity index (χ4v) is 2.58. The third-order valence-corrected chi connectivity index (χ3v) is 4.26. The quantitative estimate of drug-likeness (QED) is 0.386. The summed E-state index contributed by atoms with van der Waals surface area (Å²) in [5.74, 6) is -0.702. The monoisotopic (exact) mass is 411 g/mol. The molecule has 0 saturated carbocycles. The van der Waals surface area contributed by atoms with Crippen molar-refractivity contribution < 1.29 is 19.1 Å². The molecule has 0 bridgehead atoms. The molecule has 0 aliphatic rings. The topological polar surface area (TPSA) is 96.5 Å². The highest BCUT2D eigenvalue weighted by atomic mass is 16.5. The van der Waals surface area contributed by atoms with Crippen molar-refractivity contribution in [3.05, 3.63) is 59.7 Å². The van der Waals surface area contributed by atoms with Gasteiger partial charge in [-0.15, -0.1) is 0 Å². The van der Waals surface area contributed by atoms with Crippen LogP contribution in [0.5, 0.6) is 0 Å². The molecule has 0 aliphatic heterocycles. The van der Waals surface area contributed by atoms with E-state index in [1.54, 1.807) is 48.5 Å². The van der Waals surface area contributed by atoms with Crippen LogP contribution in [0.25, 0.3) is 0 Å². The number of carbonyl (C=O) groups is 3. The molecule has 3 N–H and O–H groups in total. The molecule has 2 rings (SSSR count). The highest BCUT2D eigenvalue weighted by Crippen LogP contribution is 2.12. The molecule has 30 heavy (non-hydrogen) atoms. The van der Waals surface area contributed by atoms with Crippen molar-refractivity contribution in [2.75, 3.05) is 30.3 Å². The van der Waals surface area contributed by atoms with Gasteiger partial charge in [0.15, 0.2) is 0 Å². The van der Waals surface area contributed by atoms with Gasteiger partial charge in [0.2, 0.25) is 5.91 Å². The summed E-state index contributed by atoms with van der Waals surface area (Å²) in [6.07, 6.45) is 2.74. The molecule has 2 aromatic carbocycles. The Morgan fingerprint density at radius 2 is 1.47 bits per heavy atom. The molecule has 0 aromatic heterocycles. The highest BCUT2D eigenvalue weighted by Gasteiger charge is 2.08. The Hall–Kier alpha value is -3.35. The number of amides is 2. The largest absolute Gasteiger partial charge is 0.462 e. The normalized spacial score (nSPS) is 10.2. The van der Waals surface area contributed by atoms with Crippen LogP contribution in [0, 0.1) is 0 Å². The van der Waals surface area contributed by atoms with Crippen molar-refractivity contribution >= 4 is 29.2 Å². The first-order chi connectivity index (χ1) is 14.5. The van der Waals surface area contributed by atoms with E-state index in [-0.39, 0.29) is 24.3 Å². The lowest BCUT2D eigenvalue weighted by Crippen LogP contribution is -2.24. The van der Waals surface area contributed by atoms with E-state index in [2.05, 4.69) is 22.9 Å². The van der Waals surface area contributed by atoms with Crippen LogP contribution >= 0.6 is 0 Å². The van der Waals surface area contributed by atoms with Crippen LogP contribution in [0.3, 0.4) is 0 Å². The van der Waals surface area contributed by atoms with Gasteiger partial charge in [-0.25, -0.2) is 4.79 Å². The molecule has 0 aliphatic carbocycles. The van der Waals surface area contributed by atoms with Crippen molar-refractivity contribution in [3.8, 4) is 0 Å². The lowest BCUT2D eigenvalue weighted by molar-refractivity contribution is -0.114. The van der Waals surface area contributed by atoms with E-state index in [0.717, 1.165) is 24.9 Å². The maximum absolute atomic E-state index is 12.1. The van der Waals surface area contributed by atoms with Crippen LogP contribution in [-0.4, -0.2) is 37.5 Å². The summed E-state index contributed by atoms with van der Waals surface area (Å²) in [5.41, 5.74) is 2.36. The summed E-state index contributed by atoms with van der Waals surface area (Å²) in [7, 11) is 0. The molecule has 0 fully saturated rings. The zero-order valence-electron chi connectivity index (χ0n) is 17.5. The summed E-state index contributed by atoms with van der Waals surface area (Å²) in [5, 5.41) is 8.65. The van der Waals surface area contributed by atoms with E-state index < -0.39 is 0 Å². The maximum Gasteiger partial charge on any atom is 0.338 e. The predicted octanol–water partition coefficient (Wildman–Crippen LogP) is 3.83. The Bertz CT molecular complexity index is 833. The van der Waals surface area contributed by atoms with Crippen molar-refractivity contribution in [2.24, 2.45) is 0 Å². The van der Waals surface area contributed by atoms with Crippen molar-refractivity contribution in [3.63, 3.8) is 0 Å². The Morgan fingerprint density at radius 1 is 0.833 bits per heavy atom. The van der Waals surface area contributed by atoms with Gasteiger partial charge in [-0.1, -0.05) is 20.3 Å². The van der Waals surface area contributed by atoms with E-state index in [9.17, 15) is 14.4 Å². The zero-order chi connectivity index (χ0) is 21.8. The Balaban J connectivity index is 1.79. The maximum atomic E-state index is 12.1. The molecular weight excluding hydrogens is 382 g/mol. The van der Waals surface area contributed by atoms with Gasteiger partial charge in [-0.05, 0) is 61.4 Å². The molecule has 0 spiro atoms. The molecular formula is C23H29N3O4. The van der Waals surface area contributed by atoms with Crippen LogP contribution in [0.15, 0.2) is 48.5 Å². The number of benzene rings is 2. The molecule has 2 amide bonds. The summed E-state index contributed by atoms with van der Waals surface area (Å²) >= 11 is 0. The average Bonchev–Trinajstić information content (AvgIpc) is 2.77. The lowest BCUT2D eigenvalue weighted by Gasteiger charge is -2.09. The third-order valence-electron chi connectivity index (χ3n) is 4.26. The number of anilines is 2. The molecule has 0 unspecified atom stereocenters. The Kier molecular flexibility index (Phi) is 9.37. The second-order valence-electron chi connectivity index (χ2n) is 6.80. The molecule has 2 aromatic rings. The summed E-state index contributed by atoms with van der Waals surface area (Å²) in [6, 6.07) is 13.5. The van der Waals surface area contributed by atoms with Crippen LogP contribution in [0.2, 0.25) is 0 Å². The van der Waals surface area contributed by atoms with Crippen LogP contribution in [-0.2, 0) is 9.53 Å². The molecule has 0 saturated heterocycles. The second-order valence-corrected chi connectivity index (χ2v) is 6.80. The number of hydrogen-bond acceptors (Lipinski definition) is 5. The number of carbonyl (C=O) groups excluding carboxylic acids is 3. The van der Waals surface area contributed by atoms with Gasteiger partial charge in [0.05, 0.1) is 18.7 Å². The summed E-state index contributed by atoms with van der Waals surface area (Å²) < 4.78 is 5.07. The minimum atomic E-state index is -0.376. The number of rotatable bonds is 11. The number of hydrogen-bond donors (Lipinski definition) is 3. The smallest absolute Gasteiger partial charge is 0.338 e. The lowest BCUT2D eigenvalue weighted by atomic mass is 10.2. The Morgan fingerprint density at radius 3 is 2.10 bits per heavy atom. The minimum Gasteiger partial charge on any atom is -0.462 e. The molecule has 7 nitrogen and oxygen atoms in total. The summed E-state index contributed by atoms with van der Waals surface area (Å²) in [6.45, 7) is 5.12. The Labute approximate surface area is 177 Å². The molecule has 0 radical (unpaired) electrons. The van der Waals surface area contributed by atoms with Gasteiger partial charge < -0.3 is 20.7 Å². The average molecular weight is 412 g/mol. The SMILES string of the molecule is CCCCNC(=O)c1ccc(NCC(=O)Nc2ccc(C(=O)OCCC)cc2)cc1. The van der Waals surface area contributed by atoms with E-state index in [4.69, 9.17) is 4.74 Å². The van der Waals surface area contributed by atoms with Gasteiger partial charge in [0, 0.05) is 23.5 Å². The van der Waals surface area contributed by atoms with E-state index in [1.807, 2.05) is 6.92 Å². The highest BCUT2D eigenvalue weighted by molar-refractivity contribution is 5.96. The first-order valence-electron chi connectivity index (χ1n) is 10.2. The van der Waals surface area contributed by atoms with Gasteiger partial charge >= 0.3 is 5.97 Å². The van der Waals surface area contributed by atoms with Crippen molar-refractivity contribution in [1.82, 2.24) is 5.32 Å². The summed E-state index contributed by atoms with van der Waals surface area (Å²) in [4.78, 5) is 35.9. The zero-order valence-corrected chi connectivity index (χ0v) is 17.5. The van der Waals surface area contributed by atoms with Crippen molar-refractivity contribution in [1.29, 1.82) is 0 Å². The van der Waals surface area contributed by atoms with Gasteiger partial charge in [-0.2, -0.15) is 0 Å². The predicted molar refractivity (Wildman–Crippen MR) is 118 cm³/mol. The molecule has 0 atom stereocenters. The van der Waals surface area contributed by atoms with Crippen LogP contribution < -0.4 is 16.0 Å². The fraction of sp³-hybridized carbons (Fsp3) is 0.348. The minimum absolute atomic E-state index is 0.0718. The number of esters is 1. The fourth-order valence-electron chi connectivity index (χ4n) is 2.58. The number of nitrogens with one attached hydrogen (secondary N) is 3. The van der Waals surface area contributed by atoms with Crippen LogP contribution in [0.1, 0.15) is 53.8 Å². The van der Waals surface area contributed by atoms with E-state index in [1.165, 1.54) is 0 Å². The first-order valence-corrected chi connectivity index (χ1v) is 10.2. The van der Waals surface area contributed by atoms with Crippen molar-refractivity contribution in [2.45, 2.75) is 33.1 Å².